The van der Waals surface area contributed by atoms with Gasteiger partial charge in [-0.3, -0.25) is 9.89 Å². The van der Waals surface area contributed by atoms with Gasteiger partial charge in [0.1, 0.15) is 0 Å². The van der Waals surface area contributed by atoms with Crippen molar-refractivity contribution in [3.63, 3.8) is 0 Å². The number of thiazole rings is 1. The first-order valence-corrected chi connectivity index (χ1v) is 8.45. The zero-order chi connectivity index (χ0) is 15.8. The van der Waals surface area contributed by atoms with Gasteiger partial charge in [-0.1, -0.05) is 0 Å². The summed E-state index contributed by atoms with van der Waals surface area (Å²) in [6.45, 7) is 3.93. The molecule has 1 saturated heterocycles. The summed E-state index contributed by atoms with van der Waals surface area (Å²) in [7, 11) is 0. The van der Waals surface area contributed by atoms with Crippen molar-refractivity contribution in [2.24, 2.45) is 0 Å². The number of anilines is 1. The summed E-state index contributed by atoms with van der Waals surface area (Å²) in [5.41, 5.74) is 3.17. The van der Waals surface area contributed by atoms with Crippen LogP contribution in [0.5, 0.6) is 0 Å². The van der Waals surface area contributed by atoms with Gasteiger partial charge in [0.25, 0.3) is 5.91 Å². The van der Waals surface area contributed by atoms with Crippen molar-refractivity contribution in [3.8, 4) is 0 Å². The van der Waals surface area contributed by atoms with Crippen molar-refractivity contribution in [3.05, 3.63) is 40.7 Å². The number of fused-ring (bicyclic) bond motifs is 1. The molecule has 3 aromatic rings. The van der Waals surface area contributed by atoms with Crippen molar-refractivity contribution >= 4 is 33.1 Å². The Morgan fingerprint density at radius 2 is 2.30 bits per heavy atom. The Hall–Kier alpha value is -2.25. The Kier molecular flexibility index (Phi) is 3.59. The van der Waals surface area contributed by atoms with Crippen LogP contribution in [-0.2, 0) is 0 Å². The van der Waals surface area contributed by atoms with Crippen LogP contribution in [-0.4, -0.2) is 34.2 Å². The second-order valence-corrected chi connectivity index (χ2v) is 7.00. The van der Waals surface area contributed by atoms with Crippen LogP contribution >= 0.6 is 11.3 Å². The zero-order valence-electron chi connectivity index (χ0n) is 12.7. The molecule has 0 saturated carbocycles. The molecule has 1 unspecified atom stereocenters. The molecule has 0 spiro atoms. The van der Waals surface area contributed by atoms with Crippen LogP contribution in [0.3, 0.4) is 0 Å². The van der Waals surface area contributed by atoms with Crippen molar-refractivity contribution in [2.45, 2.75) is 19.3 Å². The summed E-state index contributed by atoms with van der Waals surface area (Å²) in [6, 6.07) is 7.59. The number of aromatic nitrogens is 3. The number of carbonyl (C=O) groups is 1. The van der Waals surface area contributed by atoms with Gasteiger partial charge in [0.05, 0.1) is 15.2 Å². The van der Waals surface area contributed by atoms with E-state index in [1.165, 1.54) is 0 Å². The van der Waals surface area contributed by atoms with Gasteiger partial charge in [0, 0.05) is 23.8 Å². The van der Waals surface area contributed by atoms with Crippen LogP contribution in [0.4, 0.5) is 5.69 Å². The average molecular weight is 327 g/mol. The Balaban J connectivity index is 1.51. The molecular formula is C16H17N5OS. The quantitative estimate of drug-likeness (QED) is 0.691. The predicted octanol–water partition coefficient (Wildman–Crippen LogP) is 2.66. The summed E-state index contributed by atoms with van der Waals surface area (Å²) in [5, 5.41) is 14.4. The number of hydrogen-bond donors (Lipinski definition) is 3. The summed E-state index contributed by atoms with van der Waals surface area (Å²) < 4.78 is 1.07. The monoisotopic (exact) mass is 327 g/mol. The number of aryl methyl sites for hydroxylation is 1. The lowest BCUT2D eigenvalue weighted by Crippen LogP contribution is -2.12. The van der Waals surface area contributed by atoms with Gasteiger partial charge in [-0.25, -0.2) is 4.98 Å². The number of H-pyrrole nitrogens is 1. The molecule has 1 amide bonds. The van der Waals surface area contributed by atoms with E-state index in [1.54, 1.807) is 11.3 Å². The van der Waals surface area contributed by atoms with Gasteiger partial charge in [-0.2, -0.15) is 5.10 Å². The third-order valence-corrected chi connectivity index (χ3v) is 5.02. The number of amides is 1. The lowest BCUT2D eigenvalue weighted by molar-refractivity contribution is 0.102. The zero-order valence-corrected chi connectivity index (χ0v) is 13.5. The van der Waals surface area contributed by atoms with Crippen molar-refractivity contribution < 1.29 is 4.79 Å². The molecule has 0 radical (unpaired) electrons. The molecule has 1 atom stereocenters. The molecule has 1 aliphatic rings. The Morgan fingerprint density at radius 3 is 3.13 bits per heavy atom. The predicted molar refractivity (Wildman–Crippen MR) is 91.1 cm³/mol. The minimum Gasteiger partial charge on any atom is -0.321 e. The molecule has 0 aliphatic carbocycles. The second kappa shape index (κ2) is 5.75. The summed E-state index contributed by atoms with van der Waals surface area (Å²) in [6.07, 6.45) is 1.07. The molecule has 118 valence electrons. The molecule has 1 aliphatic heterocycles. The fraction of sp³-hybridized carbons (Fsp3) is 0.312. The van der Waals surface area contributed by atoms with E-state index in [1.807, 2.05) is 31.2 Å². The van der Waals surface area contributed by atoms with Gasteiger partial charge < -0.3 is 10.6 Å². The molecule has 3 heterocycles. The molecule has 1 fully saturated rings. The van der Waals surface area contributed by atoms with Crippen molar-refractivity contribution in [1.29, 1.82) is 0 Å². The molecule has 0 bridgehead atoms. The molecule has 23 heavy (non-hydrogen) atoms. The average Bonchev–Trinajstić information content (AvgIpc) is 3.26. The van der Waals surface area contributed by atoms with E-state index in [9.17, 15) is 4.79 Å². The largest absolute Gasteiger partial charge is 0.321 e. The maximum Gasteiger partial charge on any atom is 0.276 e. The number of nitrogens with zero attached hydrogens (tertiary/aromatic N) is 2. The highest BCUT2D eigenvalue weighted by molar-refractivity contribution is 7.18. The van der Waals surface area contributed by atoms with Gasteiger partial charge in [0.15, 0.2) is 5.69 Å². The number of benzene rings is 1. The fourth-order valence-corrected chi connectivity index (χ4v) is 3.76. The van der Waals surface area contributed by atoms with Gasteiger partial charge in [0.2, 0.25) is 0 Å². The SMILES string of the molecule is Cc1nc2ccc(NC(=O)c3cc(C4CCNC4)[nH]n3)cc2s1. The minimum atomic E-state index is -0.195. The van der Waals surface area contributed by atoms with Crippen molar-refractivity contribution in [2.75, 3.05) is 18.4 Å². The van der Waals surface area contributed by atoms with Crippen molar-refractivity contribution in [1.82, 2.24) is 20.5 Å². The Bertz CT molecular complexity index is 862. The molecular weight excluding hydrogens is 310 g/mol. The molecule has 4 rings (SSSR count). The number of aromatic amines is 1. The third kappa shape index (κ3) is 2.85. The van der Waals surface area contributed by atoms with Gasteiger partial charge in [-0.15, -0.1) is 11.3 Å². The number of rotatable bonds is 3. The van der Waals surface area contributed by atoms with E-state index in [0.29, 0.717) is 11.6 Å². The van der Waals surface area contributed by atoms with E-state index in [0.717, 1.165) is 46.1 Å². The molecule has 7 heteroatoms. The van der Waals surface area contributed by atoms with Gasteiger partial charge >= 0.3 is 0 Å². The van der Waals surface area contributed by atoms with Crippen LogP contribution in [0, 0.1) is 6.92 Å². The second-order valence-electron chi connectivity index (χ2n) is 5.77. The molecule has 1 aromatic carbocycles. The molecule has 3 N–H and O–H groups in total. The van der Waals surface area contributed by atoms with Crippen LogP contribution in [0.1, 0.15) is 33.5 Å². The third-order valence-electron chi connectivity index (χ3n) is 4.08. The summed E-state index contributed by atoms with van der Waals surface area (Å²) in [4.78, 5) is 16.8. The first-order valence-electron chi connectivity index (χ1n) is 7.63. The van der Waals surface area contributed by atoms with E-state index in [4.69, 9.17) is 0 Å². The van der Waals surface area contributed by atoms with Crippen LogP contribution in [0.15, 0.2) is 24.3 Å². The van der Waals surface area contributed by atoms with E-state index in [2.05, 4.69) is 25.8 Å². The molecule has 2 aromatic heterocycles. The van der Waals surface area contributed by atoms with Crippen LogP contribution in [0.25, 0.3) is 10.2 Å². The first kappa shape index (κ1) is 14.3. The van der Waals surface area contributed by atoms with E-state index >= 15 is 0 Å². The van der Waals surface area contributed by atoms with Crippen LogP contribution < -0.4 is 10.6 Å². The highest BCUT2D eigenvalue weighted by atomic mass is 32.1. The van der Waals surface area contributed by atoms with Crippen LogP contribution in [0.2, 0.25) is 0 Å². The minimum absolute atomic E-state index is 0.195. The maximum absolute atomic E-state index is 12.4. The Labute approximate surface area is 137 Å². The standard InChI is InChI=1S/C16H17N5OS/c1-9-18-12-3-2-11(6-15(12)23-9)19-16(22)14-7-13(20-21-14)10-4-5-17-8-10/h2-3,6-7,10,17H,4-5,8H2,1H3,(H,19,22)(H,20,21). The fourth-order valence-electron chi connectivity index (χ4n) is 2.89. The van der Waals surface area contributed by atoms with Gasteiger partial charge in [-0.05, 0) is 44.2 Å². The summed E-state index contributed by atoms with van der Waals surface area (Å²) >= 11 is 1.62. The highest BCUT2D eigenvalue weighted by Gasteiger charge is 2.20. The van der Waals surface area contributed by atoms with E-state index in [-0.39, 0.29) is 5.91 Å². The highest BCUT2D eigenvalue weighted by Crippen LogP contribution is 2.25. The number of nitrogens with one attached hydrogen (secondary N) is 3. The summed E-state index contributed by atoms with van der Waals surface area (Å²) in [5.74, 6) is 0.222. The number of carbonyl (C=O) groups excluding carboxylic acids is 1. The topological polar surface area (TPSA) is 82.7 Å². The lowest BCUT2D eigenvalue weighted by Gasteiger charge is -2.03. The van der Waals surface area contributed by atoms with E-state index < -0.39 is 0 Å². The number of hydrogen-bond acceptors (Lipinski definition) is 5. The first-order chi connectivity index (χ1) is 11.2. The normalized spacial score (nSPS) is 17.7. The maximum atomic E-state index is 12.4. The molecule has 6 nitrogen and oxygen atoms in total. The Morgan fingerprint density at radius 1 is 1.39 bits per heavy atom. The smallest absolute Gasteiger partial charge is 0.276 e. The lowest BCUT2D eigenvalue weighted by atomic mass is 10.1.